The standard InChI is InChI=1S/C16H21NO4S/c1-2-21-16(18)15-9-6-11-17(13-15)22(19,20)12-10-14-7-4-3-5-8-14/h3-5,7-8,10,12,15H,2,6,9,11,13H2,1H3/b12-10+. The van der Waals surface area contributed by atoms with Gasteiger partial charge in [-0.05, 0) is 31.4 Å². The zero-order chi connectivity index (χ0) is 16.0. The van der Waals surface area contributed by atoms with Crippen molar-refractivity contribution in [2.45, 2.75) is 19.8 Å². The molecule has 1 unspecified atom stereocenters. The van der Waals surface area contributed by atoms with Gasteiger partial charge in [0.05, 0.1) is 12.5 Å². The van der Waals surface area contributed by atoms with Crippen LogP contribution in [-0.4, -0.2) is 38.4 Å². The van der Waals surface area contributed by atoms with Crippen LogP contribution in [0, 0.1) is 5.92 Å². The van der Waals surface area contributed by atoms with Gasteiger partial charge < -0.3 is 4.74 Å². The molecule has 0 aromatic heterocycles. The van der Waals surface area contributed by atoms with Crippen LogP contribution in [0.2, 0.25) is 0 Å². The summed E-state index contributed by atoms with van der Waals surface area (Å²) in [5.41, 5.74) is 0.824. The average Bonchev–Trinajstić information content (AvgIpc) is 2.54. The molecule has 1 aliphatic rings. The molecule has 1 aromatic carbocycles. The molecule has 0 saturated carbocycles. The van der Waals surface area contributed by atoms with Crippen molar-refractivity contribution in [2.24, 2.45) is 5.92 Å². The van der Waals surface area contributed by atoms with E-state index in [9.17, 15) is 13.2 Å². The SMILES string of the molecule is CCOC(=O)C1CCCN(S(=O)(=O)/C=C/c2ccccc2)C1. The summed E-state index contributed by atoms with van der Waals surface area (Å²) in [6.45, 7) is 2.70. The number of hydrogen-bond acceptors (Lipinski definition) is 4. The van der Waals surface area contributed by atoms with Crippen LogP contribution >= 0.6 is 0 Å². The van der Waals surface area contributed by atoms with Gasteiger partial charge in [0.2, 0.25) is 10.0 Å². The Morgan fingerprint density at radius 1 is 1.36 bits per heavy atom. The van der Waals surface area contributed by atoms with Gasteiger partial charge in [0, 0.05) is 18.5 Å². The van der Waals surface area contributed by atoms with Gasteiger partial charge in [0.15, 0.2) is 0 Å². The fourth-order valence-electron chi connectivity index (χ4n) is 2.44. The van der Waals surface area contributed by atoms with Gasteiger partial charge in [0.25, 0.3) is 0 Å². The van der Waals surface area contributed by atoms with Crippen molar-refractivity contribution in [3.05, 3.63) is 41.3 Å². The summed E-state index contributed by atoms with van der Waals surface area (Å²) in [6.07, 6.45) is 2.92. The second-order valence-electron chi connectivity index (χ2n) is 5.21. The molecule has 0 amide bonds. The van der Waals surface area contributed by atoms with Gasteiger partial charge in [-0.3, -0.25) is 4.79 Å². The molecule has 22 heavy (non-hydrogen) atoms. The highest BCUT2D eigenvalue weighted by Crippen LogP contribution is 2.21. The molecule has 1 aromatic rings. The van der Waals surface area contributed by atoms with Crippen LogP contribution < -0.4 is 0 Å². The predicted octanol–water partition coefficient (Wildman–Crippen LogP) is 2.26. The third-order valence-corrected chi connectivity index (χ3v) is 5.13. The Hall–Kier alpha value is -1.66. The Morgan fingerprint density at radius 2 is 2.09 bits per heavy atom. The minimum Gasteiger partial charge on any atom is -0.466 e. The number of hydrogen-bond donors (Lipinski definition) is 0. The number of sulfonamides is 1. The van der Waals surface area contributed by atoms with E-state index in [0.29, 0.717) is 26.0 Å². The Kier molecular flexibility index (Phi) is 5.74. The van der Waals surface area contributed by atoms with Gasteiger partial charge in [-0.25, -0.2) is 8.42 Å². The van der Waals surface area contributed by atoms with Crippen molar-refractivity contribution in [3.8, 4) is 0 Å². The summed E-state index contributed by atoms with van der Waals surface area (Å²) < 4.78 is 31.1. The number of ether oxygens (including phenoxy) is 1. The number of rotatable bonds is 5. The van der Waals surface area contributed by atoms with Crippen LogP contribution in [0.25, 0.3) is 6.08 Å². The number of carbonyl (C=O) groups excluding carboxylic acids is 1. The molecule has 2 rings (SSSR count). The zero-order valence-electron chi connectivity index (χ0n) is 12.6. The van der Waals surface area contributed by atoms with E-state index in [-0.39, 0.29) is 18.4 Å². The lowest BCUT2D eigenvalue weighted by Crippen LogP contribution is -2.41. The minimum absolute atomic E-state index is 0.195. The number of esters is 1. The minimum atomic E-state index is -3.52. The number of nitrogens with zero attached hydrogens (tertiary/aromatic N) is 1. The Balaban J connectivity index is 2.05. The molecule has 1 aliphatic heterocycles. The van der Waals surface area contributed by atoms with Crippen molar-refractivity contribution in [1.29, 1.82) is 0 Å². The van der Waals surface area contributed by atoms with E-state index in [1.165, 1.54) is 9.71 Å². The number of benzene rings is 1. The first-order valence-corrected chi connectivity index (χ1v) is 8.93. The summed E-state index contributed by atoms with van der Waals surface area (Å²) in [7, 11) is -3.52. The smallest absolute Gasteiger partial charge is 0.310 e. The molecule has 0 spiro atoms. The second kappa shape index (κ2) is 7.56. The molecule has 0 aliphatic carbocycles. The van der Waals surface area contributed by atoms with E-state index >= 15 is 0 Å². The van der Waals surface area contributed by atoms with Crippen molar-refractivity contribution >= 4 is 22.1 Å². The maximum Gasteiger partial charge on any atom is 0.310 e. The molecule has 0 bridgehead atoms. The molecule has 5 nitrogen and oxygen atoms in total. The van der Waals surface area contributed by atoms with Gasteiger partial charge in [-0.1, -0.05) is 30.3 Å². The van der Waals surface area contributed by atoms with Crippen LogP contribution in [0.5, 0.6) is 0 Å². The molecular formula is C16H21NO4S. The molecule has 1 atom stereocenters. The summed E-state index contributed by atoms with van der Waals surface area (Å²) >= 11 is 0. The third-order valence-electron chi connectivity index (χ3n) is 3.60. The van der Waals surface area contributed by atoms with E-state index < -0.39 is 10.0 Å². The quantitative estimate of drug-likeness (QED) is 0.780. The first-order chi connectivity index (χ1) is 10.5. The van der Waals surface area contributed by atoms with E-state index in [1.807, 2.05) is 30.3 Å². The molecule has 0 N–H and O–H groups in total. The van der Waals surface area contributed by atoms with E-state index in [1.54, 1.807) is 13.0 Å². The first-order valence-electron chi connectivity index (χ1n) is 7.43. The highest BCUT2D eigenvalue weighted by Gasteiger charge is 2.31. The number of carbonyl (C=O) groups is 1. The second-order valence-corrected chi connectivity index (χ2v) is 7.03. The van der Waals surface area contributed by atoms with Gasteiger partial charge in [-0.15, -0.1) is 0 Å². The van der Waals surface area contributed by atoms with Crippen LogP contribution in [0.15, 0.2) is 35.7 Å². The Bertz CT molecular complexity index is 625. The highest BCUT2D eigenvalue weighted by atomic mass is 32.2. The van der Waals surface area contributed by atoms with Crippen LogP contribution in [0.4, 0.5) is 0 Å². The lowest BCUT2D eigenvalue weighted by molar-refractivity contribution is -0.149. The maximum atomic E-state index is 12.4. The Labute approximate surface area is 131 Å². The Morgan fingerprint density at radius 3 is 2.77 bits per heavy atom. The topological polar surface area (TPSA) is 63.7 Å². The van der Waals surface area contributed by atoms with Crippen molar-refractivity contribution < 1.29 is 17.9 Å². The zero-order valence-corrected chi connectivity index (χ0v) is 13.5. The lowest BCUT2D eigenvalue weighted by atomic mass is 10.0. The van der Waals surface area contributed by atoms with Gasteiger partial charge in [0.1, 0.15) is 0 Å². The van der Waals surface area contributed by atoms with E-state index in [4.69, 9.17) is 4.74 Å². The molecule has 120 valence electrons. The van der Waals surface area contributed by atoms with Crippen molar-refractivity contribution in [1.82, 2.24) is 4.31 Å². The first kappa shape index (κ1) is 16.7. The monoisotopic (exact) mass is 323 g/mol. The fraction of sp³-hybridized carbons (Fsp3) is 0.438. The van der Waals surface area contributed by atoms with E-state index in [0.717, 1.165) is 5.56 Å². The van der Waals surface area contributed by atoms with Crippen molar-refractivity contribution in [2.75, 3.05) is 19.7 Å². The maximum absolute atomic E-state index is 12.4. The van der Waals surface area contributed by atoms with Gasteiger partial charge in [-0.2, -0.15) is 4.31 Å². The highest BCUT2D eigenvalue weighted by molar-refractivity contribution is 7.92. The molecule has 6 heteroatoms. The predicted molar refractivity (Wildman–Crippen MR) is 85.3 cm³/mol. The molecule has 1 fully saturated rings. The molecular weight excluding hydrogens is 302 g/mol. The van der Waals surface area contributed by atoms with Crippen LogP contribution in [0.3, 0.4) is 0 Å². The fourth-order valence-corrected chi connectivity index (χ4v) is 3.71. The van der Waals surface area contributed by atoms with Crippen molar-refractivity contribution in [3.63, 3.8) is 0 Å². The molecule has 0 radical (unpaired) electrons. The van der Waals surface area contributed by atoms with Gasteiger partial charge >= 0.3 is 5.97 Å². The van der Waals surface area contributed by atoms with Crippen LogP contribution in [0.1, 0.15) is 25.3 Å². The molecule has 1 heterocycles. The average molecular weight is 323 g/mol. The lowest BCUT2D eigenvalue weighted by Gasteiger charge is -2.29. The van der Waals surface area contributed by atoms with Crippen LogP contribution in [-0.2, 0) is 19.6 Å². The summed E-state index contributed by atoms with van der Waals surface area (Å²) in [6, 6.07) is 9.25. The molecule has 1 saturated heterocycles. The third kappa shape index (κ3) is 4.42. The summed E-state index contributed by atoms with van der Waals surface area (Å²) in [4.78, 5) is 11.8. The summed E-state index contributed by atoms with van der Waals surface area (Å²) in [5, 5.41) is 1.20. The summed E-state index contributed by atoms with van der Waals surface area (Å²) in [5.74, 6) is -0.678. The largest absolute Gasteiger partial charge is 0.466 e. The number of piperidine rings is 1. The normalized spacial score (nSPS) is 20.1. The van der Waals surface area contributed by atoms with E-state index in [2.05, 4.69) is 0 Å².